The van der Waals surface area contributed by atoms with Gasteiger partial charge in [-0.1, -0.05) is 19.1 Å². The van der Waals surface area contributed by atoms with Crippen molar-refractivity contribution in [2.24, 2.45) is 7.05 Å². The Morgan fingerprint density at radius 1 is 1.19 bits per heavy atom. The topological polar surface area (TPSA) is 85.6 Å². The molecule has 2 heterocycles. The van der Waals surface area contributed by atoms with Gasteiger partial charge in [0.1, 0.15) is 12.2 Å². The molecule has 0 aliphatic heterocycles. The van der Waals surface area contributed by atoms with E-state index in [9.17, 15) is 4.79 Å². The fraction of sp³-hybridized carbons (Fsp3) is 0.316. The van der Waals surface area contributed by atoms with Gasteiger partial charge < -0.3 is 0 Å². The monoisotopic (exact) mass is 350 g/mol. The third kappa shape index (κ3) is 4.11. The second-order valence-electron chi connectivity index (χ2n) is 6.29. The molecule has 0 fully saturated rings. The molecule has 0 bridgehead atoms. The molecule has 1 N–H and O–H groups in total. The highest BCUT2D eigenvalue weighted by atomic mass is 16.1. The number of amides is 1. The molecule has 0 unspecified atom stereocenters. The van der Waals surface area contributed by atoms with E-state index in [2.05, 4.69) is 32.3 Å². The van der Waals surface area contributed by atoms with Crippen LogP contribution in [0.25, 0.3) is 0 Å². The highest BCUT2D eigenvalue weighted by Gasteiger charge is 2.13. The van der Waals surface area contributed by atoms with Gasteiger partial charge in [-0.3, -0.25) is 14.8 Å². The van der Waals surface area contributed by atoms with Crippen molar-refractivity contribution in [2.45, 2.75) is 33.6 Å². The zero-order chi connectivity index (χ0) is 18.7. The Labute approximate surface area is 152 Å². The molecule has 134 valence electrons. The van der Waals surface area contributed by atoms with E-state index in [-0.39, 0.29) is 11.9 Å². The Morgan fingerprint density at radius 3 is 2.69 bits per heavy atom. The number of anilines is 1. The van der Waals surface area contributed by atoms with E-state index in [1.165, 1.54) is 0 Å². The van der Waals surface area contributed by atoms with Crippen LogP contribution in [0.4, 0.5) is 5.95 Å². The number of benzene rings is 1. The lowest BCUT2D eigenvalue weighted by atomic mass is 10.0. The van der Waals surface area contributed by atoms with Crippen LogP contribution in [0.15, 0.2) is 30.6 Å². The van der Waals surface area contributed by atoms with Gasteiger partial charge in [-0.25, -0.2) is 15.0 Å². The summed E-state index contributed by atoms with van der Waals surface area (Å²) in [6.45, 7) is 5.95. The van der Waals surface area contributed by atoms with Gasteiger partial charge in [0.25, 0.3) is 5.91 Å². The molecule has 0 saturated carbocycles. The third-order valence-electron chi connectivity index (χ3n) is 4.05. The molecule has 26 heavy (non-hydrogen) atoms. The van der Waals surface area contributed by atoms with E-state index in [1.54, 1.807) is 18.1 Å². The first-order chi connectivity index (χ1) is 12.4. The van der Waals surface area contributed by atoms with E-state index >= 15 is 0 Å². The van der Waals surface area contributed by atoms with Gasteiger partial charge in [0.2, 0.25) is 5.95 Å². The lowest BCUT2D eigenvalue weighted by Gasteiger charge is -2.09. The highest BCUT2D eigenvalue weighted by molar-refractivity contribution is 6.04. The van der Waals surface area contributed by atoms with Crippen molar-refractivity contribution in [3.8, 4) is 0 Å². The maximum Gasteiger partial charge on any atom is 0.258 e. The fourth-order valence-corrected chi connectivity index (χ4v) is 2.73. The summed E-state index contributed by atoms with van der Waals surface area (Å²) >= 11 is 0. The summed E-state index contributed by atoms with van der Waals surface area (Å²) in [5.41, 5.74) is 4.46. The third-order valence-corrected chi connectivity index (χ3v) is 4.05. The van der Waals surface area contributed by atoms with Gasteiger partial charge in [-0.2, -0.15) is 0 Å². The number of rotatable bonds is 5. The van der Waals surface area contributed by atoms with Gasteiger partial charge in [-0.15, -0.1) is 5.10 Å². The first kappa shape index (κ1) is 17.7. The first-order valence-corrected chi connectivity index (χ1v) is 8.54. The van der Waals surface area contributed by atoms with Gasteiger partial charge in [-0.05, 0) is 43.5 Å². The molecule has 3 rings (SSSR count). The van der Waals surface area contributed by atoms with Crippen LogP contribution >= 0.6 is 0 Å². The Bertz CT molecular complexity index is 947. The number of carbonyl (C=O) groups excluding carboxylic acids is 1. The number of carbonyl (C=O) groups is 1. The predicted molar refractivity (Wildman–Crippen MR) is 99.1 cm³/mol. The molecule has 0 aliphatic rings. The van der Waals surface area contributed by atoms with Crippen molar-refractivity contribution < 1.29 is 4.79 Å². The Morgan fingerprint density at radius 2 is 2.00 bits per heavy atom. The predicted octanol–water partition coefficient (Wildman–Crippen LogP) is 2.63. The SMILES string of the molecule is CCc1cc(C)nc(Cc2ccc(C)c(C(=O)Nc3ncn(C)n3)c2)n1. The number of hydrogen-bond acceptors (Lipinski definition) is 5. The van der Waals surface area contributed by atoms with Crippen LogP contribution in [-0.2, 0) is 19.9 Å². The molecule has 0 aliphatic carbocycles. The molecule has 0 spiro atoms. The molecule has 3 aromatic rings. The molecular weight excluding hydrogens is 328 g/mol. The van der Waals surface area contributed by atoms with E-state index in [0.29, 0.717) is 12.0 Å². The quantitative estimate of drug-likeness (QED) is 0.764. The van der Waals surface area contributed by atoms with Crippen molar-refractivity contribution in [3.05, 3.63) is 64.5 Å². The van der Waals surface area contributed by atoms with Crippen LogP contribution in [0.1, 0.15) is 45.6 Å². The standard InChI is InChI=1S/C19H22N6O/c1-5-15-8-13(3)21-17(22-15)10-14-7-6-12(2)16(9-14)18(26)23-19-20-11-25(4)24-19/h6-9,11H,5,10H2,1-4H3,(H,23,24,26). The van der Waals surface area contributed by atoms with Crippen LogP contribution in [-0.4, -0.2) is 30.6 Å². The Balaban J connectivity index is 1.83. The van der Waals surface area contributed by atoms with E-state index in [0.717, 1.165) is 34.8 Å². The van der Waals surface area contributed by atoms with E-state index in [4.69, 9.17) is 0 Å². The normalized spacial score (nSPS) is 10.8. The largest absolute Gasteiger partial charge is 0.289 e. The first-order valence-electron chi connectivity index (χ1n) is 8.54. The maximum atomic E-state index is 12.6. The zero-order valence-corrected chi connectivity index (χ0v) is 15.4. The van der Waals surface area contributed by atoms with Gasteiger partial charge in [0.05, 0.1) is 0 Å². The van der Waals surface area contributed by atoms with Crippen LogP contribution in [0.5, 0.6) is 0 Å². The van der Waals surface area contributed by atoms with Crippen LogP contribution in [0, 0.1) is 13.8 Å². The number of aromatic nitrogens is 5. The van der Waals surface area contributed by atoms with Crippen LogP contribution in [0.3, 0.4) is 0 Å². The summed E-state index contributed by atoms with van der Waals surface area (Å²) < 4.78 is 1.54. The second kappa shape index (κ2) is 7.43. The van der Waals surface area contributed by atoms with Crippen molar-refractivity contribution in [2.75, 3.05) is 5.32 Å². The summed E-state index contributed by atoms with van der Waals surface area (Å²) in [6, 6.07) is 7.82. The highest BCUT2D eigenvalue weighted by Crippen LogP contribution is 2.15. The number of hydrogen-bond donors (Lipinski definition) is 1. The summed E-state index contributed by atoms with van der Waals surface area (Å²) in [5, 5.41) is 6.80. The number of nitrogens with zero attached hydrogens (tertiary/aromatic N) is 5. The molecular formula is C19H22N6O. The van der Waals surface area contributed by atoms with Crippen molar-refractivity contribution >= 4 is 11.9 Å². The molecule has 7 nitrogen and oxygen atoms in total. The lowest BCUT2D eigenvalue weighted by Crippen LogP contribution is -2.15. The van der Waals surface area contributed by atoms with Crippen LogP contribution < -0.4 is 5.32 Å². The van der Waals surface area contributed by atoms with Crippen molar-refractivity contribution in [1.82, 2.24) is 24.7 Å². The Hall–Kier alpha value is -3.09. The minimum absolute atomic E-state index is 0.227. The number of nitrogens with one attached hydrogen (secondary N) is 1. The Kier molecular flexibility index (Phi) is 5.06. The minimum Gasteiger partial charge on any atom is -0.289 e. The van der Waals surface area contributed by atoms with E-state index in [1.807, 2.05) is 38.1 Å². The molecule has 7 heteroatoms. The summed E-state index contributed by atoms with van der Waals surface area (Å²) in [7, 11) is 1.75. The smallest absolute Gasteiger partial charge is 0.258 e. The second-order valence-corrected chi connectivity index (χ2v) is 6.29. The van der Waals surface area contributed by atoms with Crippen molar-refractivity contribution in [1.29, 1.82) is 0 Å². The molecule has 0 radical (unpaired) electrons. The lowest BCUT2D eigenvalue weighted by molar-refractivity contribution is 0.102. The van der Waals surface area contributed by atoms with Gasteiger partial charge >= 0.3 is 0 Å². The van der Waals surface area contributed by atoms with Crippen LogP contribution in [0.2, 0.25) is 0 Å². The summed E-state index contributed by atoms with van der Waals surface area (Å²) in [5.74, 6) is 0.829. The number of aryl methyl sites for hydroxylation is 4. The molecule has 1 amide bonds. The summed E-state index contributed by atoms with van der Waals surface area (Å²) in [4.78, 5) is 25.7. The van der Waals surface area contributed by atoms with E-state index < -0.39 is 0 Å². The molecule has 1 aromatic carbocycles. The summed E-state index contributed by atoms with van der Waals surface area (Å²) in [6.07, 6.45) is 2.99. The average Bonchev–Trinajstić information content (AvgIpc) is 3.00. The molecule has 0 atom stereocenters. The average molecular weight is 350 g/mol. The van der Waals surface area contributed by atoms with Crippen molar-refractivity contribution in [3.63, 3.8) is 0 Å². The fourth-order valence-electron chi connectivity index (χ4n) is 2.73. The van der Waals surface area contributed by atoms with Gasteiger partial charge in [0, 0.05) is 30.4 Å². The minimum atomic E-state index is -0.227. The zero-order valence-electron chi connectivity index (χ0n) is 15.4. The molecule has 2 aromatic heterocycles. The molecule has 0 saturated heterocycles. The van der Waals surface area contributed by atoms with Gasteiger partial charge in [0.15, 0.2) is 0 Å². The maximum absolute atomic E-state index is 12.6.